The predicted octanol–water partition coefficient (Wildman–Crippen LogP) is 4.38. The van der Waals surface area contributed by atoms with Crippen molar-refractivity contribution in [2.24, 2.45) is 0 Å². The van der Waals surface area contributed by atoms with Gasteiger partial charge in [-0.25, -0.2) is 9.59 Å². The highest BCUT2D eigenvalue weighted by Gasteiger charge is 2.47. The van der Waals surface area contributed by atoms with E-state index in [4.69, 9.17) is 18.9 Å². The maximum Gasteiger partial charge on any atom is 0.338 e. The number of rotatable bonds is 7. The summed E-state index contributed by atoms with van der Waals surface area (Å²) in [5, 5.41) is -0.862. The molecule has 0 saturated carbocycles. The number of ether oxygens (including phenoxy) is 4. The Morgan fingerprint density at radius 2 is 1.17 bits per heavy atom. The summed E-state index contributed by atoms with van der Waals surface area (Å²) < 4.78 is 22.8. The van der Waals surface area contributed by atoms with Crippen molar-refractivity contribution < 1.29 is 33.3 Å². The van der Waals surface area contributed by atoms with Crippen molar-refractivity contribution >= 4 is 28.8 Å². The van der Waals surface area contributed by atoms with Crippen LogP contribution >= 0.6 is 11.8 Å². The first-order valence-corrected chi connectivity index (χ1v) is 11.9. The number of thioether (sulfide) groups is 1. The molecule has 0 N–H and O–H groups in total. The predicted molar refractivity (Wildman–Crippen MR) is 130 cm³/mol. The van der Waals surface area contributed by atoms with Crippen molar-refractivity contribution in [3.63, 3.8) is 0 Å². The normalized spacial score (nSPS) is 21.6. The minimum Gasteiger partial charge on any atom is -0.453 e. The number of hydrogen-bond donors (Lipinski definition) is 0. The second-order valence-electron chi connectivity index (χ2n) is 7.72. The van der Waals surface area contributed by atoms with Crippen LogP contribution in [0.25, 0.3) is 0 Å². The largest absolute Gasteiger partial charge is 0.453 e. The zero-order valence-electron chi connectivity index (χ0n) is 18.9. The Morgan fingerprint density at radius 3 is 1.66 bits per heavy atom. The highest BCUT2D eigenvalue weighted by molar-refractivity contribution is 8.14. The van der Waals surface area contributed by atoms with Crippen LogP contribution in [0.15, 0.2) is 91.0 Å². The lowest BCUT2D eigenvalue weighted by Crippen LogP contribution is -2.56. The van der Waals surface area contributed by atoms with Crippen LogP contribution in [0.4, 0.5) is 0 Å². The van der Waals surface area contributed by atoms with E-state index in [9.17, 15) is 14.4 Å². The summed E-state index contributed by atoms with van der Waals surface area (Å²) in [6.07, 6.45) is -3.10. The monoisotopic (exact) mass is 492 g/mol. The number of carbonyl (C=O) groups excluding carboxylic acids is 3. The van der Waals surface area contributed by atoms with Gasteiger partial charge in [0.15, 0.2) is 18.5 Å². The van der Waals surface area contributed by atoms with Gasteiger partial charge in [-0.3, -0.25) is 4.79 Å². The molecule has 3 aromatic carbocycles. The zero-order valence-corrected chi connectivity index (χ0v) is 19.8. The molecule has 1 fully saturated rings. The van der Waals surface area contributed by atoms with Gasteiger partial charge in [0.2, 0.25) is 5.12 Å². The van der Waals surface area contributed by atoms with Crippen molar-refractivity contribution in [3.05, 3.63) is 108 Å². The van der Waals surface area contributed by atoms with Crippen LogP contribution in [0.2, 0.25) is 0 Å². The first-order valence-electron chi connectivity index (χ1n) is 11.0. The van der Waals surface area contributed by atoms with E-state index in [1.54, 1.807) is 84.9 Å². The minimum absolute atomic E-state index is 0.0495. The summed E-state index contributed by atoms with van der Waals surface area (Å²) >= 11 is 0.970. The zero-order chi connectivity index (χ0) is 24.6. The number of esters is 2. The molecule has 0 radical (unpaired) electrons. The van der Waals surface area contributed by atoms with E-state index in [1.807, 2.05) is 6.07 Å². The lowest BCUT2D eigenvalue weighted by Gasteiger charge is -2.40. The third-order valence-corrected chi connectivity index (χ3v) is 6.55. The van der Waals surface area contributed by atoms with Gasteiger partial charge in [-0.05, 0) is 24.3 Å². The third kappa shape index (κ3) is 6.16. The summed E-state index contributed by atoms with van der Waals surface area (Å²) in [4.78, 5) is 38.8. The van der Waals surface area contributed by atoms with Gasteiger partial charge < -0.3 is 18.9 Å². The average molecular weight is 493 g/mol. The summed E-state index contributed by atoms with van der Waals surface area (Å²) in [5.74, 6) is -1.23. The Balaban J connectivity index is 1.62. The van der Waals surface area contributed by atoms with E-state index in [1.165, 1.54) is 7.11 Å². The van der Waals surface area contributed by atoms with Crippen molar-refractivity contribution in [2.75, 3.05) is 13.7 Å². The third-order valence-electron chi connectivity index (χ3n) is 5.39. The topological polar surface area (TPSA) is 88.1 Å². The Labute approximate surface area is 207 Å². The quantitative estimate of drug-likeness (QED) is 0.449. The van der Waals surface area contributed by atoms with Crippen molar-refractivity contribution in [3.8, 4) is 0 Å². The van der Waals surface area contributed by atoms with Crippen LogP contribution in [0.3, 0.4) is 0 Å². The number of benzene rings is 3. The first-order chi connectivity index (χ1) is 17.1. The number of hydrogen-bond acceptors (Lipinski definition) is 8. The van der Waals surface area contributed by atoms with E-state index in [0.717, 1.165) is 11.8 Å². The SMILES string of the molecule is CO[C@H]1OC[C@@H](SC(=O)c2ccccc2)[C@@H](OC(=O)c2ccccc2)[C@@H]1OC(=O)c1ccccc1. The fourth-order valence-electron chi connectivity index (χ4n) is 3.63. The van der Waals surface area contributed by atoms with Gasteiger partial charge >= 0.3 is 11.9 Å². The molecule has 0 unspecified atom stereocenters. The summed E-state index contributed by atoms with van der Waals surface area (Å²) in [7, 11) is 1.41. The molecule has 4 atom stereocenters. The molecular weight excluding hydrogens is 468 g/mol. The molecule has 180 valence electrons. The minimum atomic E-state index is -1.10. The molecule has 0 aliphatic carbocycles. The second-order valence-corrected chi connectivity index (χ2v) is 8.93. The fraction of sp³-hybridized carbons (Fsp3) is 0.222. The van der Waals surface area contributed by atoms with E-state index in [-0.39, 0.29) is 11.7 Å². The molecule has 0 amide bonds. The molecule has 7 nitrogen and oxygen atoms in total. The van der Waals surface area contributed by atoms with Gasteiger partial charge in [0, 0.05) is 12.7 Å². The van der Waals surface area contributed by atoms with E-state index in [2.05, 4.69) is 0 Å². The highest BCUT2D eigenvalue weighted by atomic mass is 32.2. The molecule has 3 aromatic rings. The molecule has 1 heterocycles. The number of carbonyl (C=O) groups is 3. The lowest BCUT2D eigenvalue weighted by molar-refractivity contribution is -0.229. The standard InChI is InChI=1S/C27H24O7S/c1-31-27-23(34-25(29)19-13-7-3-8-14-19)22(33-24(28)18-11-5-2-6-12-18)21(17-32-27)35-26(30)20-15-9-4-10-16-20/h2-16,21-23,27H,17H2,1H3/t21-,22-,23+,27+/m1/s1. The molecular formula is C27H24O7S. The van der Waals surface area contributed by atoms with E-state index < -0.39 is 35.7 Å². The van der Waals surface area contributed by atoms with Crippen molar-refractivity contribution in [2.45, 2.75) is 23.7 Å². The summed E-state index contributed by atoms with van der Waals surface area (Å²) in [5.41, 5.74) is 1.15. The molecule has 0 spiro atoms. The van der Waals surface area contributed by atoms with Crippen molar-refractivity contribution in [1.29, 1.82) is 0 Å². The second kappa shape index (κ2) is 11.8. The van der Waals surface area contributed by atoms with Crippen LogP contribution < -0.4 is 0 Å². The molecule has 1 aliphatic rings. The van der Waals surface area contributed by atoms with Crippen LogP contribution in [-0.4, -0.2) is 54.5 Å². The van der Waals surface area contributed by atoms with Gasteiger partial charge in [-0.2, -0.15) is 0 Å². The van der Waals surface area contributed by atoms with Gasteiger partial charge in [0.25, 0.3) is 0 Å². The fourth-order valence-corrected chi connectivity index (χ4v) is 4.66. The summed E-state index contributed by atoms with van der Waals surface area (Å²) in [6.45, 7) is 0.0495. The molecule has 4 rings (SSSR count). The molecule has 8 heteroatoms. The van der Waals surface area contributed by atoms with E-state index in [0.29, 0.717) is 16.7 Å². The Hall–Kier alpha value is -3.46. The maximum atomic E-state index is 13.0. The first kappa shape index (κ1) is 24.7. The molecule has 1 aliphatic heterocycles. The van der Waals surface area contributed by atoms with Gasteiger partial charge in [0.1, 0.15) is 0 Å². The Kier molecular flexibility index (Phi) is 8.31. The Morgan fingerprint density at radius 1 is 0.714 bits per heavy atom. The van der Waals surface area contributed by atoms with Crippen LogP contribution in [-0.2, 0) is 18.9 Å². The Bertz CT molecular complexity index is 1140. The van der Waals surface area contributed by atoms with Crippen molar-refractivity contribution in [1.82, 2.24) is 0 Å². The van der Waals surface area contributed by atoms with Crippen LogP contribution in [0, 0.1) is 0 Å². The van der Waals surface area contributed by atoms with Gasteiger partial charge in [0.05, 0.1) is 23.0 Å². The molecule has 1 saturated heterocycles. The van der Waals surface area contributed by atoms with Gasteiger partial charge in [-0.1, -0.05) is 78.5 Å². The van der Waals surface area contributed by atoms with Crippen LogP contribution in [0.1, 0.15) is 31.1 Å². The molecule has 0 bridgehead atoms. The molecule has 35 heavy (non-hydrogen) atoms. The number of methoxy groups -OCH3 is 1. The lowest BCUT2D eigenvalue weighted by atomic mass is 10.1. The average Bonchev–Trinajstić information content (AvgIpc) is 2.91. The maximum absolute atomic E-state index is 13.0. The summed E-state index contributed by atoms with van der Waals surface area (Å²) in [6, 6.07) is 25.7. The van der Waals surface area contributed by atoms with Crippen LogP contribution in [0.5, 0.6) is 0 Å². The molecule has 0 aromatic heterocycles. The van der Waals surface area contributed by atoms with Gasteiger partial charge in [-0.15, -0.1) is 0 Å². The highest BCUT2D eigenvalue weighted by Crippen LogP contribution is 2.32. The smallest absolute Gasteiger partial charge is 0.338 e. The van der Waals surface area contributed by atoms with E-state index >= 15 is 0 Å².